The molecule has 3 aliphatic rings. The fourth-order valence-corrected chi connectivity index (χ4v) is 4.87. The minimum atomic E-state index is 0.162. The number of anilines is 1. The highest BCUT2D eigenvalue weighted by Crippen LogP contribution is 2.40. The van der Waals surface area contributed by atoms with Crippen molar-refractivity contribution in [3.8, 4) is 0 Å². The van der Waals surface area contributed by atoms with Crippen molar-refractivity contribution in [3.05, 3.63) is 18.5 Å². The molecule has 1 aromatic heterocycles. The number of aromatic nitrogens is 2. The van der Waals surface area contributed by atoms with Crippen LogP contribution in [0, 0.1) is 5.41 Å². The van der Waals surface area contributed by atoms with Gasteiger partial charge in [-0.2, -0.15) is 0 Å². The van der Waals surface area contributed by atoms with Crippen LogP contribution in [0.3, 0.4) is 0 Å². The first-order valence-electron chi connectivity index (χ1n) is 11.4. The van der Waals surface area contributed by atoms with Crippen molar-refractivity contribution < 1.29 is 9.53 Å². The summed E-state index contributed by atoms with van der Waals surface area (Å²) in [4.78, 5) is 25.6. The van der Waals surface area contributed by atoms with Gasteiger partial charge in [0.15, 0.2) is 0 Å². The fraction of sp³-hybridized carbons (Fsp3) is 0.773. The second-order valence-electron chi connectivity index (χ2n) is 8.96. The van der Waals surface area contributed by atoms with Crippen LogP contribution >= 0.6 is 0 Å². The minimum Gasteiger partial charge on any atom is -0.376 e. The Morgan fingerprint density at radius 2 is 1.86 bits per heavy atom. The SMILES string of the molecule is O=C(CCN1CCCCC1)NC[C@H]1CCC2(CCN(c3ncccn3)CC2)CO1. The minimum absolute atomic E-state index is 0.162. The molecule has 29 heavy (non-hydrogen) atoms. The summed E-state index contributed by atoms with van der Waals surface area (Å²) in [6.07, 6.45) is 12.7. The third kappa shape index (κ3) is 5.66. The summed E-state index contributed by atoms with van der Waals surface area (Å²) in [5.74, 6) is 1.000. The molecular weight excluding hydrogens is 366 g/mol. The van der Waals surface area contributed by atoms with E-state index in [1.54, 1.807) is 0 Å². The first-order valence-corrected chi connectivity index (χ1v) is 11.4. The lowest BCUT2D eigenvalue weighted by atomic mass is 9.73. The molecule has 7 heteroatoms. The standard InChI is InChI=1S/C22H35N5O2/c28-20(6-14-26-12-2-1-3-13-26)25-17-19-5-7-22(18-29-19)8-15-27(16-9-22)21-23-10-4-11-24-21/h4,10-11,19H,1-3,5-9,12-18H2,(H,25,28)/t19-/m1/s1. The molecule has 3 aliphatic heterocycles. The number of piperidine rings is 2. The summed E-state index contributed by atoms with van der Waals surface area (Å²) in [5.41, 5.74) is 0.292. The smallest absolute Gasteiger partial charge is 0.225 e. The van der Waals surface area contributed by atoms with Crippen LogP contribution in [0.4, 0.5) is 5.95 Å². The monoisotopic (exact) mass is 401 g/mol. The quantitative estimate of drug-likeness (QED) is 0.788. The number of hydrogen-bond donors (Lipinski definition) is 1. The van der Waals surface area contributed by atoms with Gasteiger partial charge in [0.2, 0.25) is 11.9 Å². The van der Waals surface area contributed by atoms with Crippen molar-refractivity contribution in [1.82, 2.24) is 20.2 Å². The highest BCUT2D eigenvalue weighted by Gasteiger charge is 2.39. The molecular formula is C22H35N5O2. The van der Waals surface area contributed by atoms with Gasteiger partial charge in [-0.15, -0.1) is 0 Å². The van der Waals surface area contributed by atoms with Crippen LogP contribution in [0.5, 0.6) is 0 Å². The molecule has 1 spiro atoms. The molecule has 160 valence electrons. The number of likely N-dealkylation sites (tertiary alicyclic amines) is 1. The second kappa shape index (κ2) is 9.85. The number of carbonyl (C=O) groups excluding carboxylic acids is 1. The molecule has 3 saturated heterocycles. The molecule has 4 rings (SSSR count). The van der Waals surface area contributed by atoms with Crippen LogP contribution < -0.4 is 10.2 Å². The molecule has 0 saturated carbocycles. The normalized spacial score (nSPS) is 25.1. The van der Waals surface area contributed by atoms with Gasteiger partial charge >= 0.3 is 0 Å². The number of carbonyl (C=O) groups is 1. The molecule has 1 N–H and O–H groups in total. The molecule has 1 amide bonds. The van der Waals surface area contributed by atoms with Crippen LogP contribution in [0.2, 0.25) is 0 Å². The molecule has 1 atom stereocenters. The molecule has 1 aromatic rings. The summed E-state index contributed by atoms with van der Waals surface area (Å²) in [6.45, 7) is 6.63. The van der Waals surface area contributed by atoms with Crippen molar-refractivity contribution >= 4 is 11.9 Å². The zero-order chi connectivity index (χ0) is 19.9. The predicted octanol–water partition coefficient (Wildman–Crippen LogP) is 2.23. The number of nitrogens with zero attached hydrogens (tertiary/aromatic N) is 4. The lowest BCUT2D eigenvalue weighted by molar-refractivity contribution is -0.123. The van der Waals surface area contributed by atoms with Crippen LogP contribution in [0.1, 0.15) is 51.4 Å². The maximum atomic E-state index is 12.2. The molecule has 3 fully saturated rings. The Bertz CT molecular complexity index is 632. The zero-order valence-electron chi connectivity index (χ0n) is 17.5. The fourth-order valence-electron chi connectivity index (χ4n) is 4.87. The second-order valence-corrected chi connectivity index (χ2v) is 8.96. The van der Waals surface area contributed by atoms with E-state index in [1.807, 2.05) is 18.5 Å². The molecule has 7 nitrogen and oxygen atoms in total. The van der Waals surface area contributed by atoms with Crippen LogP contribution in [-0.2, 0) is 9.53 Å². The van der Waals surface area contributed by atoms with E-state index in [4.69, 9.17) is 4.74 Å². The van der Waals surface area contributed by atoms with E-state index in [-0.39, 0.29) is 12.0 Å². The van der Waals surface area contributed by atoms with E-state index in [0.717, 1.165) is 64.5 Å². The predicted molar refractivity (Wildman–Crippen MR) is 113 cm³/mol. The van der Waals surface area contributed by atoms with E-state index in [9.17, 15) is 4.79 Å². The molecule has 0 aliphatic carbocycles. The number of nitrogens with one attached hydrogen (secondary N) is 1. The largest absolute Gasteiger partial charge is 0.376 e. The molecule has 4 heterocycles. The van der Waals surface area contributed by atoms with E-state index in [1.165, 1.54) is 25.7 Å². The van der Waals surface area contributed by atoms with Gasteiger partial charge in [0, 0.05) is 45.0 Å². The van der Waals surface area contributed by atoms with Crippen molar-refractivity contribution in [2.24, 2.45) is 5.41 Å². The molecule has 0 radical (unpaired) electrons. The highest BCUT2D eigenvalue weighted by molar-refractivity contribution is 5.76. The third-order valence-electron chi connectivity index (χ3n) is 6.91. The number of hydrogen-bond acceptors (Lipinski definition) is 6. The van der Waals surface area contributed by atoms with Crippen molar-refractivity contribution in [1.29, 1.82) is 0 Å². The maximum absolute atomic E-state index is 12.2. The Kier molecular flexibility index (Phi) is 6.98. The Hall–Kier alpha value is -1.73. The van der Waals surface area contributed by atoms with Gasteiger partial charge < -0.3 is 19.9 Å². The van der Waals surface area contributed by atoms with Crippen molar-refractivity contribution in [3.63, 3.8) is 0 Å². The van der Waals surface area contributed by atoms with Gasteiger partial charge in [-0.25, -0.2) is 9.97 Å². The summed E-state index contributed by atoms with van der Waals surface area (Å²) in [5, 5.41) is 3.10. The lowest BCUT2D eigenvalue weighted by Gasteiger charge is -2.45. The highest BCUT2D eigenvalue weighted by atomic mass is 16.5. The lowest BCUT2D eigenvalue weighted by Crippen LogP contribution is -2.48. The topological polar surface area (TPSA) is 70.6 Å². The summed E-state index contributed by atoms with van der Waals surface area (Å²) < 4.78 is 6.18. The maximum Gasteiger partial charge on any atom is 0.225 e. The van der Waals surface area contributed by atoms with Gasteiger partial charge in [0.1, 0.15) is 0 Å². The third-order valence-corrected chi connectivity index (χ3v) is 6.91. The van der Waals surface area contributed by atoms with E-state index >= 15 is 0 Å². The summed E-state index contributed by atoms with van der Waals surface area (Å²) in [6, 6.07) is 1.86. The average molecular weight is 402 g/mol. The van der Waals surface area contributed by atoms with E-state index < -0.39 is 0 Å². The Morgan fingerprint density at radius 3 is 2.55 bits per heavy atom. The molecule has 0 unspecified atom stereocenters. The van der Waals surface area contributed by atoms with Gasteiger partial charge in [0.05, 0.1) is 12.7 Å². The number of amides is 1. The number of ether oxygens (including phenoxy) is 1. The Morgan fingerprint density at radius 1 is 1.10 bits per heavy atom. The Balaban J connectivity index is 1.13. The van der Waals surface area contributed by atoms with Crippen LogP contribution in [-0.4, -0.2) is 72.8 Å². The van der Waals surface area contributed by atoms with Crippen molar-refractivity contribution in [2.75, 3.05) is 50.8 Å². The van der Waals surface area contributed by atoms with Gasteiger partial charge in [-0.05, 0) is 63.1 Å². The summed E-state index contributed by atoms with van der Waals surface area (Å²) >= 11 is 0. The van der Waals surface area contributed by atoms with Gasteiger partial charge in [0.25, 0.3) is 0 Å². The first kappa shape index (κ1) is 20.5. The number of rotatable bonds is 6. The van der Waals surface area contributed by atoms with Gasteiger partial charge in [-0.1, -0.05) is 6.42 Å². The van der Waals surface area contributed by atoms with Crippen LogP contribution in [0.25, 0.3) is 0 Å². The van der Waals surface area contributed by atoms with Crippen LogP contribution in [0.15, 0.2) is 18.5 Å². The van der Waals surface area contributed by atoms with Gasteiger partial charge in [-0.3, -0.25) is 4.79 Å². The average Bonchev–Trinajstić information content (AvgIpc) is 2.79. The van der Waals surface area contributed by atoms with Crippen molar-refractivity contribution in [2.45, 2.75) is 57.5 Å². The summed E-state index contributed by atoms with van der Waals surface area (Å²) in [7, 11) is 0. The zero-order valence-corrected chi connectivity index (χ0v) is 17.5. The Labute approximate surface area is 174 Å². The van der Waals surface area contributed by atoms with E-state index in [0.29, 0.717) is 18.4 Å². The molecule has 0 aromatic carbocycles. The molecule has 0 bridgehead atoms. The van der Waals surface area contributed by atoms with E-state index in [2.05, 4.69) is 25.1 Å². The first-order chi connectivity index (χ1) is 14.2.